The highest BCUT2D eigenvalue weighted by atomic mass is 14.7. The van der Waals surface area contributed by atoms with Crippen LogP contribution in [0.2, 0.25) is 0 Å². The Balaban J connectivity index is 2.51. The van der Waals surface area contributed by atoms with Crippen LogP contribution in [0.3, 0.4) is 0 Å². The van der Waals surface area contributed by atoms with Gasteiger partial charge in [0.25, 0.3) is 0 Å². The molecular formula is C15H13N. The van der Waals surface area contributed by atoms with E-state index in [4.69, 9.17) is 0 Å². The number of nitrogens with zero attached hydrogens (tertiary/aromatic N) is 1. The lowest BCUT2D eigenvalue weighted by atomic mass is 10.0. The summed E-state index contributed by atoms with van der Waals surface area (Å²) in [5, 5.41) is 2.47. The van der Waals surface area contributed by atoms with Crippen LogP contribution >= 0.6 is 0 Å². The van der Waals surface area contributed by atoms with Gasteiger partial charge in [0.05, 0.1) is 11.0 Å². The second kappa shape index (κ2) is 3.31. The van der Waals surface area contributed by atoms with Gasteiger partial charge in [0, 0.05) is 10.8 Å². The smallest absolute Gasteiger partial charge is 0.0712 e. The molecule has 3 rings (SSSR count). The van der Waals surface area contributed by atoms with Gasteiger partial charge in [-0.15, -0.1) is 0 Å². The Morgan fingerprint density at radius 1 is 0.875 bits per heavy atom. The minimum absolute atomic E-state index is 1.07. The number of hydrogen-bond acceptors (Lipinski definition) is 1. The fourth-order valence-corrected chi connectivity index (χ4v) is 2.10. The second-order valence-corrected chi connectivity index (χ2v) is 4.26. The number of fused-ring (bicyclic) bond motifs is 2. The summed E-state index contributed by atoms with van der Waals surface area (Å²) >= 11 is 0. The van der Waals surface area contributed by atoms with Crippen LogP contribution < -0.4 is 0 Å². The lowest BCUT2D eigenvalue weighted by Crippen LogP contribution is -1.87. The molecule has 3 aromatic rings. The van der Waals surface area contributed by atoms with Gasteiger partial charge >= 0.3 is 0 Å². The van der Waals surface area contributed by atoms with E-state index in [2.05, 4.69) is 55.2 Å². The van der Waals surface area contributed by atoms with E-state index in [-0.39, 0.29) is 0 Å². The van der Waals surface area contributed by atoms with Crippen molar-refractivity contribution in [2.24, 2.45) is 0 Å². The quantitative estimate of drug-likeness (QED) is 0.508. The molecule has 0 aliphatic heterocycles. The Labute approximate surface area is 94.7 Å². The summed E-state index contributed by atoms with van der Waals surface area (Å²) < 4.78 is 0. The molecule has 0 fully saturated rings. The van der Waals surface area contributed by atoms with Gasteiger partial charge in [0.1, 0.15) is 0 Å². The Bertz CT molecular complexity index is 683. The molecule has 1 heterocycles. The standard InChI is InChI=1S/C15H13N/c1-10-7-8-15-13(11(10)2)9-12-5-3-4-6-14(12)16-15/h3-9H,1-2H3. The summed E-state index contributed by atoms with van der Waals surface area (Å²) in [4.78, 5) is 4.68. The fourth-order valence-electron chi connectivity index (χ4n) is 2.10. The zero-order valence-electron chi connectivity index (χ0n) is 9.49. The first kappa shape index (κ1) is 9.34. The number of hydrogen-bond donors (Lipinski definition) is 0. The van der Waals surface area contributed by atoms with E-state index < -0.39 is 0 Å². The molecule has 0 bridgehead atoms. The van der Waals surface area contributed by atoms with Crippen LogP contribution in [-0.4, -0.2) is 4.98 Å². The van der Waals surface area contributed by atoms with Crippen molar-refractivity contribution in [3.63, 3.8) is 0 Å². The van der Waals surface area contributed by atoms with Gasteiger partial charge < -0.3 is 0 Å². The molecule has 0 aliphatic rings. The van der Waals surface area contributed by atoms with Crippen molar-refractivity contribution in [1.29, 1.82) is 0 Å². The summed E-state index contributed by atoms with van der Waals surface area (Å²) in [6.45, 7) is 4.30. The number of aryl methyl sites for hydroxylation is 2. The van der Waals surface area contributed by atoms with E-state index in [0.717, 1.165) is 11.0 Å². The molecule has 1 aromatic heterocycles. The zero-order chi connectivity index (χ0) is 11.1. The largest absolute Gasteiger partial charge is 0.248 e. The summed E-state index contributed by atoms with van der Waals surface area (Å²) in [5.41, 5.74) is 4.81. The van der Waals surface area contributed by atoms with Gasteiger partial charge in [-0.2, -0.15) is 0 Å². The van der Waals surface area contributed by atoms with Crippen molar-refractivity contribution in [2.45, 2.75) is 13.8 Å². The maximum Gasteiger partial charge on any atom is 0.0712 e. The van der Waals surface area contributed by atoms with Gasteiger partial charge in [-0.3, -0.25) is 0 Å². The second-order valence-electron chi connectivity index (χ2n) is 4.26. The minimum atomic E-state index is 1.07. The molecule has 0 aliphatic carbocycles. The van der Waals surface area contributed by atoms with E-state index in [0.29, 0.717) is 0 Å². The van der Waals surface area contributed by atoms with Crippen LogP contribution in [0.5, 0.6) is 0 Å². The third-order valence-electron chi connectivity index (χ3n) is 3.24. The van der Waals surface area contributed by atoms with Gasteiger partial charge in [-0.25, -0.2) is 4.98 Å². The highest BCUT2D eigenvalue weighted by Crippen LogP contribution is 2.24. The molecule has 16 heavy (non-hydrogen) atoms. The summed E-state index contributed by atoms with van der Waals surface area (Å²) in [5.74, 6) is 0. The van der Waals surface area contributed by atoms with Crippen molar-refractivity contribution in [1.82, 2.24) is 4.98 Å². The lowest BCUT2D eigenvalue weighted by Gasteiger charge is -2.06. The molecule has 0 unspecified atom stereocenters. The van der Waals surface area contributed by atoms with Crippen LogP contribution in [-0.2, 0) is 0 Å². The number of rotatable bonds is 0. The molecule has 0 saturated carbocycles. The van der Waals surface area contributed by atoms with Crippen molar-refractivity contribution >= 4 is 21.8 Å². The number of para-hydroxylation sites is 1. The van der Waals surface area contributed by atoms with Gasteiger partial charge in [0.2, 0.25) is 0 Å². The zero-order valence-corrected chi connectivity index (χ0v) is 9.49. The third kappa shape index (κ3) is 1.28. The summed E-state index contributed by atoms with van der Waals surface area (Å²) in [7, 11) is 0. The average molecular weight is 207 g/mol. The molecule has 78 valence electrons. The molecule has 0 spiro atoms. The monoisotopic (exact) mass is 207 g/mol. The Morgan fingerprint density at radius 2 is 1.69 bits per heavy atom. The van der Waals surface area contributed by atoms with E-state index >= 15 is 0 Å². The van der Waals surface area contributed by atoms with Crippen LogP contribution in [0.15, 0.2) is 42.5 Å². The fraction of sp³-hybridized carbons (Fsp3) is 0.133. The van der Waals surface area contributed by atoms with Crippen molar-refractivity contribution < 1.29 is 0 Å². The molecule has 0 saturated heterocycles. The Morgan fingerprint density at radius 3 is 2.56 bits per heavy atom. The van der Waals surface area contributed by atoms with Crippen LogP contribution in [0.4, 0.5) is 0 Å². The third-order valence-corrected chi connectivity index (χ3v) is 3.24. The molecule has 1 heteroatoms. The van der Waals surface area contributed by atoms with Gasteiger partial charge in [-0.1, -0.05) is 24.3 Å². The van der Waals surface area contributed by atoms with E-state index in [1.165, 1.54) is 21.9 Å². The van der Waals surface area contributed by atoms with Crippen molar-refractivity contribution in [3.05, 3.63) is 53.6 Å². The number of pyridine rings is 1. The molecule has 0 radical (unpaired) electrons. The van der Waals surface area contributed by atoms with E-state index in [1.54, 1.807) is 0 Å². The summed E-state index contributed by atoms with van der Waals surface area (Å²) in [6.07, 6.45) is 0. The Hall–Kier alpha value is -1.89. The predicted octanol–water partition coefficient (Wildman–Crippen LogP) is 4.00. The molecule has 1 nitrogen and oxygen atoms in total. The number of aromatic nitrogens is 1. The summed E-state index contributed by atoms with van der Waals surface area (Å²) in [6, 6.07) is 14.7. The van der Waals surface area contributed by atoms with E-state index in [9.17, 15) is 0 Å². The first-order valence-electron chi connectivity index (χ1n) is 5.51. The van der Waals surface area contributed by atoms with E-state index in [1.807, 2.05) is 6.07 Å². The molecule has 0 N–H and O–H groups in total. The molecule has 0 amide bonds. The molecule has 2 aromatic carbocycles. The maximum absolute atomic E-state index is 4.68. The first-order valence-corrected chi connectivity index (χ1v) is 5.51. The number of benzene rings is 2. The molecule has 0 atom stereocenters. The predicted molar refractivity (Wildman–Crippen MR) is 68.7 cm³/mol. The van der Waals surface area contributed by atoms with Crippen LogP contribution in [0.25, 0.3) is 21.8 Å². The topological polar surface area (TPSA) is 12.9 Å². The Kier molecular flexibility index (Phi) is 1.93. The first-order chi connectivity index (χ1) is 7.75. The maximum atomic E-state index is 4.68. The normalized spacial score (nSPS) is 11.1. The van der Waals surface area contributed by atoms with Crippen molar-refractivity contribution in [2.75, 3.05) is 0 Å². The van der Waals surface area contributed by atoms with Crippen LogP contribution in [0, 0.1) is 13.8 Å². The van der Waals surface area contributed by atoms with Crippen molar-refractivity contribution in [3.8, 4) is 0 Å². The SMILES string of the molecule is Cc1ccc2nc3ccccc3cc2c1C. The molecular weight excluding hydrogens is 194 g/mol. The highest BCUT2D eigenvalue weighted by molar-refractivity contribution is 5.94. The lowest BCUT2D eigenvalue weighted by molar-refractivity contribution is 1.36. The minimum Gasteiger partial charge on any atom is -0.248 e. The highest BCUT2D eigenvalue weighted by Gasteiger charge is 2.03. The average Bonchev–Trinajstić information content (AvgIpc) is 2.32. The van der Waals surface area contributed by atoms with Crippen LogP contribution in [0.1, 0.15) is 11.1 Å². The van der Waals surface area contributed by atoms with Gasteiger partial charge in [-0.05, 0) is 43.2 Å². The van der Waals surface area contributed by atoms with Gasteiger partial charge in [0.15, 0.2) is 0 Å².